The number of hydrogen-bond acceptors (Lipinski definition) is 0. The molecular formula is C18H17F3. The standard InChI is InChI=1S/C18H17F3/c19-18(20,21)10-14-9-13-5-1-3-11-7-8-12-4-2-6-15(14)17(12)16(11)13/h1,3,5,7-8,14-15H,2,4,6,9-10H2. The summed E-state index contributed by atoms with van der Waals surface area (Å²) in [6.45, 7) is 0. The Balaban J connectivity index is 1.90. The maximum absolute atomic E-state index is 12.9. The first-order valence-corrected chi connectivity index (χ1v) is 7.63. The van der Waals surface area contributed by atoms with Crippen molar-refractivity contribution in [2.45, 2.75) is 44.2 Å². The summed E-state index contributed by atoms with van der Waals surface area (Å²) in [5.41, 5.74) is 3.62. The fourth-order valence-corrected chi connectivity index (χ4v) is 4.40. The molecule has 0 heterocycles. The third-order valence-corrected chi connectivity index (χ3v) is 5.14. The van der Waals surface area contributed by atoms with E-state index in [1.165, 1.54) is 21.9 Å². The molecule has 3 heteroatoms. The number of alkyl halides is 3. The van der Waals surface area contributed by atoms with E-state index in [4.69, 9.17) is 0 Å². The van der Waals surface area contributed by atoms with Gasteiger partial charge < -0.3 is 0 Å². The number of benzene rings is 2. The zero-order chi connectivity index (χ0) is 14.6. The number of aryl methyl sites for hydroxylation is 1. The van der Waals surface area contributed by atoms with Crippen molar-refractivity contribution in [3.63, 3.8) is 0 Å². The molecule has 21 heavy (non-hydrogen) atoms. The van der Waals surface area contributed by atoms with Crippen LogP contribution < -0.4 is 0 Å². The highest BCUT2D eigenvalue weighted by Crippen LogP contribution is 2.49. The van der Waals surface area contributed by atoms with Crippen molar-refractivity contribution in [1.82, 2.24) is 0 Å². The molecule has 2 aliphatic rings. The molecule has 0 nitrogen and oxygen atoms in total. The number of rotatable bonds is 1. The van der Waals surface area contributed by atoms with Gasteiger partial charge >= 0.3 is 6.18 Å². The normalized spacial score (nSPS) is 24.3. The lowest BCUT2D eigenvalue weighted by atomic mass is 9.67. The Labute approximate surface area is 122 Å². The van der Waals surface area contributed by atoms with Crippen LogP contribution in [-0.2, 0) is 12.8 Å². The van der Waals surface area contributed by atoms with Crippen LogP contribution in [0.1, 0.15) is 41.9 Å². The van der Waals surface area contributed by atoms with Gasteiger partial charge in [0, 0.05) is 6.42 Å². The van der Waals surface area contributed by atoms with Crippen molar-refractivity contribution in [1.29, 1.82) is 0 Å². The molecule has 0 aliphatic heterocycles. The molecule has 0 aromatic heterocycles. The summed E-state index contributed by atoms with van der Waals surface area (Å²) in [4.78, 5) is 0. The summed E-state index contributed by atoms with van der Waals surface area (Å²) in [5, 5.41) is 2.43. The minimum Gasteiger partial charge on any atom is -0.171 e. The first-order valence-electron chi connectivity index (χ1n) is 7.63. The smallest absolute Gasteiger partial charge is 0.171 e. The van der Waals surface area contributed by atoms with Crippen LogP contribution in [-0.4, -0.2) is 6.18 Å². The number of hydrogen-bond donors (Lipinski definition) is 0. The minimum absolute atomic E-state index is 0.0916. The predicted octanol–water partition coefficient (Wildman–Crippen LogP) is 5.38. The predicted molar refractivity (Wildman–Crippen MR) is 77.5 cm³/mol. The van der Waals surface area contributed by atoms with Gasteiger partial charge in [0.15, 0.2) is 0 Å². The Kier molecular flexibility index (Phi) is 2.82. The molecule has 0 N–H and O–H groups in total. The van der Waals surface area contributed by atoms with Crippen LogP contribution in [0.25, 0.3) is 10.8 Å². The third kappa shape index (κ3) is 2.14. The van der Waals surface area contributed by atoms with E-state index in [1.807, 2.05) is 12.1 Å². The van der Waals surface area contributed by atoms with Crippen molar-refractivity contribution in [3.8, 4) is 0 Å². The van der Waals surface area contributed by atoms with Crippen LogP contribution in [0.15, 0.2) is 30.3 Å². The lowest BCUT2D eigenvalue weighted by molar-refractivity contribution is -0.146. The van der Waals surface area contributed by atoms with E-state index in [1.54, 1.807) is 0 Å². The molecule has 4 rings (SSSR count). The molecule has 0 amide bonds. The van der Waals surface area contributed by atoms with Gasteiger partial charge in [-0.05, 0) is 65.0 Å². The van der Waals surface area contributed by atoms with Gasteiger partial charge in [-0.15, -0.1) is 0 Å². The minimum atomic E-state index is -4.07. The molecule has 0 radical (unpaired) electrons. The van der Waals surface area contributed by atoms with Gasteiger partial charge in [0.1, 0.15) is 0 Å². The molecule has 110 valence electrons. The second-order valence-electron chi connectivity index (χ2n) is 6.44. The molecule has 2 aliphatic carbocycles. The molecule has 0 spiro atoms. The van der Waals surface area contributed by atoms with E-state index >= 15 is 0 Å². The van der Waals surface area contributed by atoms with Crippen LogP contribution in [0.3, 0.4) is 0 Å². The van der Waals surface area contributed by atoms with E-state index in [0.717, 1.165) is 24.8 Å². The fourth-order valence-electron chi connectivity index (χ4n) is 4.40. The molecular weight excluding hydrogens is 273 g/mol. The lowest BCUT2D eigenvalue weighted by Gasteiger charge is -2.38. The van der Waals surface area contributed by atoms with Crippen molar-refractivity contribution in [2.24, 2.45) is 5.92 Å². The van der Waals surface area contributed by atoms with Gasteiger partial charge in [-0.25, -0.2) is 0 Å². The average molecular weight is 290 g/mol. The first-order chi connectivity index (χ1) is 10.0. The fraction of sp³-hybridized carbons (Fsp3) is 0.444. The Bertz CT molecular complexity index is 699. The molecule has 2 atom stereocenters. The van der Waals surface area contributed by atoms with Crippen LogP contribution in [0, 0.1) is 5.92 Å². The van der Waals surface area contributed by atoms with E-state index < -0.39 is 12.6 Å². The van der Waals surface area contributed by atoms with Crippen LogP contribution in [0.4, 0.5) is 13.2 Å². The molecule has 0 saturated carbocycles. The maximum atomic E-state index is 12.9. The Morgan fingerprint density at radius 1 is 1.05 bits per heavy atom. The Morgan fingerprint density at radius 3 is 2.71 bits per heavy atom. The SMILES string of the molecule is FC(F)(F)CC1Cc2cccc3ccc4c(c23)C1CCC4. The highest BCUT2D eigenvalue weighted by molar-refractivity contribution is 5.91. The van der Waals surface area contributed by atoms with Gasteiger partial charge in [0.05, 0.1) is 0 Å². The highest BCUT2D eigenvalue weighted by Gasteiger charge is 2.40. The molecule has 2 aromatic carbocycles. The lowest BCUT2D eigenvalue weighted by Crippen LogP contribution is -2.29. The summed E-state index contributed by atoms with van der Waals surface area (Å²) in [7, 11) is 0. The van der Waals surface area contributed by atoms with Crippen molar-refractivity contribution >= 4 is 10.8 Å². The molecule has 2 aromatic rings. The average Bonchev–Trinajstić information content (AvgIpc) is 2.44. The second-order valence-corrected chi connectivity index (χ2v) is 6.44. The third-order valence-electron chi connectivity index (χ3n) is 5.14. The Hall–Kier alpha value is -1.51. The zero-order valence-electron chi connectivity index (χ0n) is 11.7. The quantitative estimate of drug-likeness (QED) is 0.661. The summed E-state index contributed by atoms with van der Waals surface area (Å²) in [6, 6.07) is 10.3. The Morgan fingerprint density at radius 2 is 1.90 bits per heavy atom. The van der Waals surface area contributed by atoms with Gasteiger partial charge in [-0.1, -0.05) is 30.3 Å². The largest absolute Gasteiger partial charge is 0.389 e. The van der Waals surface area contributed by atoms with Gasteiger partial charge in [0.25, 0.3) is 0 Å². The molecule has 0 bridgehead atoms. The molecule has 0 saturated heterocycles. The van der Waals surface area contributed by atoms with Crippen LogP contribution in [0.5, 0.6) is 0 Å². The molecule has 0 fully saturated rings. The van der Waals surface area contributed by atoms with Crippen molar-refractivity contribution < 1.29 is 13.2 Å². The van der Waals surface area contributed by atoms with E-state index in [2.05, 4.69) is 18.2 Å². The van der Waals surface area contributed by atoms with Crippen molar-refractivity contribution in [2.75, 3.05) is 0 Å². The van der Waals surface area contributed by atoms with E-state index in [9.17, 15) is 13.2 Å². The van der Waals surface area contributed by atoms with Crippen molar-refractivity contribution in [3.05, 3.63) is 47.0 Å². The summed E-state index contributed by atoms with van der Waals surface area (Å²) >= 11 is 0. The maximum Gasteiger partial charge on any atom is 0.389 e. The van der Waals surface area contributed by atoms with Gasteiger partial charge in [-0.3, -0.25) is 0 Å². The topological polar surface area (TPSA) is 0 Å². The highest BCUT2D eigenvalue weighted by atomic mass is 19.4. The van der Waals surface area contributed by atoms with E-state index in [-0.39, 0.29) is 11.8 Å². The monoisotopic (exact) mass is 290 g/mol. The zero-order valence-corrected chi connectivity index (χ0v) is 11.7. The van der Waals surface area contributed by atoms with Crippen LogP contribution in [0.2, 0.25) is 0 Å². The van der Waals surface area contributed by atoms with Gasteiger partial charge in [0.2, 0.25) is 0 Å². The number of halogens is 3. The second kappa shape index (κ2) is 4.49. The van der Waals surface area contributed by atoms with E-state index in [0.29, 0.717) is 6.42 Å². The first kappa shape index (κ1) is 13.2. The molecule has 2 unspecified atom stereocenters. The van der Waals surface area contributed by atoms with Crippen LogP contribution >= 0.6 is 0 Å². The summed E-state index contributed by atoms with van der Waals surface area (Å²) in [5.74, 6) is -0.196. The van der Waals surface area contributed by atoms with Gasteiger partial charge in [-0.2, -0.15) is 13.2 Å². The summed E-state index contributed by atoms with van der Waals surface area (Å²) < 4.78 is 38.8. The summed E-state index contributed by atoms with van der Waals surface area (Å²) in [6.07, 6.45) is -1.22.